The lowest BCUT2D eigenvalue weighted by Crippen LogP contribution is -2.35. The van der Waals surface area contributed by atoms with Gasteiger partial charge in [-0.15, -0.1) is 0 Å². The number of anilines is 2. The maximum absolute atomic E-state index is 13.2. The number of amides is 1. The summed E-state index contributed by atoms with van der Waals surface area (Å²) in [4.78, 5) is 22.7. The van der Waals surface area contributed by atoms with E-state index in [-0.39, 0.29) is 16.7 Å². The van der Waals surface area contributed by atoms with Gasteiger partial charge in [0.15, 0.2) is 0 Å². The first-order valence-corrected chi connectivity index (χ1v) is 10.1. The molecule has 0 fully saturated rings. The van der Waals surface area contributed by atoms with Crippen LogP contribution in [-0.2, 0) is 19.6 Å². The molecule has 144 valence electrons. The number of hydrogen-bond donors (Lipinski definition) is 1. The zero-order chi connectivity index (χ0) is 20.2. The molecule has 27 heavy (non-hydrogen) atoms. The summed E-state index contributed by atoms with van der Waals surface area (Å²) in [6, 6.07) is 12.7. The predicted octanol–water partition coefficient (Wildman–Crippen LogP) is 3.73. The molecule has 0 heterocycles. The third-order valence-corrected chi connectivity index (χ3v) is 5.75. The summed E-state index contributed by atoms with van der Waals surface area (Å²) in [6.07, 6.45) is 0. The molecule has 0 aliphatic carbocycles. The molecule has 1 amide bonds. The third kappa shape index (κ3) is 5.08. The van der Waals surface area contributed by atoms with Crippen LogP contribution < -0.4 is 9.62 Å². The van der Waals surface area contributed by atoms with Gasteiger partial charge in [-0.1, -0.05) is 32.0 Å². The highest BCUT2D eigenvalue weighted by atomic mass is 35.5. The van der Waals surface area contributed by atoms with Gasteiger partial charge in [0.2, 0.25) is 11.1 Å². The number of nitrogens with zero attached hydrogens (tertiary/aromatic N) is 1. The first kappa shape index (κ1) is 20.9. The van der Waals surface area contributed by atoms with Gasteiger partial charge in [0.25, 0.3) is 10.0 Å². The van der Waals surface area contributed by atoms with Crippen LogP contribution in [0.2, 0.25) is 0 Å². The van der Waals surface area contributed by atoms with Gasteiger partial charge in [0.05, 0.1) is 10.6 Å². The summed E-state index contributed by atoms with van der Waals surface area (Å²) >= 11 is 5.54. The van der Waals surface area contributed by atoms with Gasteiger partial charge in [-0.2, -0.15) is 0 Å². The molecule has 2 aromatic rings. The molecular weight excluding hydrogens is 388 g/mol. The topological polar surface area (TPSA) is 83.6 Å². The van der Waals surface area contributed by atoms with Crippen LogP contribution in [0, 0.1) is 0 Å². The van der Waals surface area contributed by atoms with Gasteiger partial charge in [-0.25, -0.2) is 8.42 Å². The summed E-state index contributed by atoms with van der Waals surface area (Å²) in [6.45, 7) is 4.76. The van der Waals surface area contributed by atoms with Gasteiger partial charge in [-0.3, -0.25) is 13.9 Å². The van der Waals surface area contributed by atoms with Crippen molar-refractivity contribution in [3.8, 4) is 0 Å². The molecule has 0 aliphatic rings. The third-order valence-electron chi connectivity index (χ3n) is 3.86. The highest BCUT2D eigenvalue weighted by Gasteiger charge is 2.28. The minimum Gasteiger partial charge on any atom is -0.326 e. The highest BCUT2D eigenvalue weighted by Crippen LogP contribution is 2.32. The Morgan fingerprint density at radius 1 is 1.07 bits per heavy atom. The number of carbonyl (C=O) groups is 2. The molecule has 0 unspecified atom stereocenters. The summed E-state index contributed by atoms with van der Waals surface area (Å²) in [7, 11) is -4.04. The Morgan fingerprint density at radius 2 is 1.67 bits per heavy atom. The monoisotopic (exact) mass is 408 g/mol. The van der Waals surface area contributed by atoms with E-state index in [0.717, 1.165) is 9.87 Å². The fraction of sp³-hybridized carbons (Fsp3) is 0.263. The first-order chi connectivity index (χ1) is 12.6. The van der Waals surface area contributed by atoms with Crippen LogP contribution in [0.25, 0.3) is 0 Å². The molecule has 6 nitrogen and oxygen atoms in total. The van der Waals surface area contributed by atoms with E-state index in [1.807, 2.05) is 26.0 Å². The van der Waals surface area contributed by atoms with Crippen molar-refractivity contribution >= 4 is 44.1 Å². The lowest BCUT2D eigenvalue weighted by molar-refractivity contribution is -0.114. The molecule has 0 atom stereocenters. The smallest absolute Gasteiger partial charge is 0.264 e. The van der Waals surface area contributed by atoms with Crippen LogP contribution >= 0.6 is 11.6 Å². The minimum atomic E-state index is -4.04. The lowest BCUT2D eigenvalue weighted by Gasteiger charge is -2.26. The number of rotatable bonds is 7. The molecule has 0 aliphatic heterocycles. The van der Waals surface area contributed by atoms with E-state index in [2.05, 4.69) is 5.32 Å². The van der Waals surface area contributed by atoms with Crippen molar-refractivity contribution in [2.75, 3.05) is 16.2 Å². The Balaban J connectivity index is 2.53. The highest BCUT2D eigenvalue weighted by molar-refractivity contribution is 7.92. The van der Waals surface area contributed by atoms with Gasteiger partial charge in [0.1, 0.15) is 6.54 Å². The SMILES string of the molecule is CC(=O)Nc1ccc(S(=O)(=O)N(CC(=O)Cl)c2ccccc2C(C)C)cc1. The summed E-state index contributed by atoms with van der Waals surface area (Å²) in [5.74, 6) is -0.211. The van der Waals surface area contributed by atoms with Crippen LogP contribution in [0.4, 0.5) is 11.4 Å². The van der Waals surface area contributed by atoms with E-state index >= 15 is 0 Å². The Kier molecular flexibility index (Phi) is 6.62. The normalized spacial score (nSPS) is 11.3. The molecule has 2 rings (SSSR count). The van der Waals surface area contributed by atoms with Crippen molar-refractivity contribution < 1.29 is 18.0 Å². The maximum Gasteiger partial charge on any atom is 0.264 e. The second-order valence-corrected chi connectivity index (χ2v) is 8.57. The van der Waals surface area contributed by atoms with Crippen LogP contribution in [-0.4, -0.2) is 26.1 Å². The van der Waals surface area contributed by atoms with E-state index in [1.165, 1.54) is 31.2 Å². The molecule has 0 bridgehead atoms. The number of nitrogens with one attached hydrogen (secondary N) is 1. The van der Waals surface area contributed by atoms with Crippen molar-refractivity contribution in [2.24, 2.45) is 0 Å². The molecule has 0 radical (unpaired) electrons. The number of para-hydroxylation sites is 1. The zero-order valence-corrected chi connectivity index (χ0v) is 16.8. The van der Waals surface area contributed by atoms with Gasteiger partial charge in [-0.05, 0) is 53.4 Å². The molecule has 0 spiro atoms. The summed E-state index contributed by atoms with van der Waals surface area (Å²) in [5, 5.41) is 1.79. The van der Waals surface area contributed by atoms with Crippen molar-refractivity contribution in [3.05, 3.63) is 54.1 Å². The Labute approximate surface area is 164 Å². The fourth-order valence-corrected chi connectivity index (χ4v) is 4.29. The average Bonchev–Trinajstić information content (AvgIpc) is 2.59. The fourth-order valence-electron chi connectivity index (χ4n) is 2.66. The van der Waals surface area contributed by atoms with Crippen LogP contribution in [0.15, 0.2) is 53.4 Å². The average molecular weight is 409 g/mol. The van der Waals surface area contributed by atoms with Gasteiger partial charge in [0, 0.05) is 12.6 Å². The van der Waals surface area contributed by atoms with Crippen molar-refractivity contribution in [1.29, 1.82) is 0 Å². The second-order valence-electron chi connectivity index (χ2n) is 6.29. The minimum absolute atomic E-state index is 0.00641. The van der Waals surface area contributed by atoms with Crippen molar-refractivity contribution in [2.45, 2.75) is 31.6 Å². The van der Waals surface area contributed by atoms with Gasteiger partial charge >= 0.3 is 0 Å². The van der Waals surface area contributed by atoms with Crippen LogP contribution in [0.1, 0.15) is 32.3 Å². The second kappa shape index (κ2) is 8.54. The summed E-state index contributed by atoms with van der Waals surface area (Å²) in [5.41, 5.74) is 1.67. The zero-order valence-electron chi connectivity index (χ0n) is 15.3. The number of benzene rings is 2. The Morgan fingerprint density at radius 3 is 2.19 bits per heavy atom. The Hall–Kier alpha value is -2.38. The molecule has 0 saturated heterocycles. The standard InChI is InChI=1S/C19H21ClN2O4S/c1-13(2)17-6-4-5-7-18(17)22(12-19(20)24)27(25,26)16-10-8-15(9-11-16)21-14(3)23/h4-11,13H,12H2,1-3H3,(H,21,23). The number of halogens is 1. The van der Waals surface area contributed by atoms with E-state index in [9.17, 15) is 18.0 Å². The molecule has 8 heteroatoms. The molecule has 2 aromatic carbocycles. The van der Waals surface area contributed by atoms with E-state index < -0.39 is 21.8 Å². The largest absolute Gasteiger partial charge is 0.326 e. The maximum atomic E-state index is 13.2. The lowest BCUT2D eigenvalue weighted by atomic mass is 10.0. The van der Waals surface area contributed by atoms with E-state index in [4.69, 9.17) is 11.6 Å². The van der Waals surface area contributed by atoms with E-state index in [1.54, 1.807) is 12.1 Å². The number of sulfonamides is 1. The molecule has 1 N–H and O–H groups in total. The Bertz CT molecular complexity index is 940. The molecule has 0 saturated carbocycles. The molecular formula is C19H21ClN2O4S. The van der Waals surface area contributed by atoms with Crippen molar-refractivity contribution in [3.63, 3.8) is 0 Å². The van der Waals surface area contributed by atoms with Crippen molar-refractivity contribution in [1.82, 2.24) is 0 Å². The molecule has 0 aromatic heterocycles. The van der Waals surface area contributed by atoms with Crippen LogP contribution in [0.5, 0.6) is 0 Å². The number of carbonyl (C=O) groups excluding carboxylic acids is 2. The quantitative estimate of drug-likeness (QED) is 0.707. The summed E-state index contributed by atoms with van der Waals surface area (Å²) < 4.78 is 27.4. The van der Waals surface area contributed by atoms with E-state index in [0.29, 0.717) is 11.4 Å². The predicted molar refractivity (Wildman–Crippen MR) is 107 cm³/mol. The first-order valence-electron chi connectivity index (χ1n) is 8.30. The van der Waals surface area contributed by atoms with Crippen LogP contribution in [0.3, 0.4) is 0 Å². The number of hydrogen-bond acceptors (Lipinski definition) is 4. The van der Waals surface area contributed by atoms with Gasteiger partial charge < -0.3 is 5.32 Å².